The van der Waals surface area contributed by atoms with Crippen molar-refractivity contribution in [1.82, 2.24) is 4.90 Å². The van der Waals surface area contributed by atoms with Crippen molar-refractivity contribution >= 4 is 23.5 Å². The minimum Gasteiger partial charge on any atom is -0.281 e. The van der Waals surface area contributed by atoms with Gasteiger partial charge in [0.1, 0.15) is 0 Å². The van der Waals surface area contributed by atoms with Crippen LogP contribution in [0, 0.1) is 5.08 Å². The Kier molecular flexibility index (Phi) is 3.55. The first kappa shape index (κ1) is 7.51. The summed E-state index contributed by atoms with van der Waals surface area (Å²) in [6.45, 7) is 4.71. The van der Waals surface area contributed by atoms with Crippen molar-refractivity contribution in [1.29, 1.82) is 0 Å². The first-order valence-corrected chi connectivity index (χ1v) is 4.91. The number of hydrogen-bond donors (Lipinski definition) is 0. The van der Waals surface area contributed by atoms with Crippen molar-refractivity contribution < 1.29 is 0 Å². The number of rotatable bonds is 2. The Morgan fingerprint density at radius 2 is 2.22 bits per heavy atom. The summed E-state index contributed by atoms with van der Waals surface area (Å²) in [5.41, 5.74) is 0. The first-order valence-electron chi connectivity index (χ1n) is 2.81. The molecule has 1 saturated heterocycles. The lowest BCUT2D eigenvalue weighted by molar-refractivity contribution is 0.420. The molecule has 1 heterocycles. The molecule has 0 aliphatic carbocycles. The summed E-state index contributed by atoms with van der Waals surface area (Å²) in [4.78, 5) is 2.35. The minimum absolute atomic E-state index is 1.02. The highest BCUT2D eigenvalue weighted by atomic mass is 32.2. The highest BCUT2D eigenvalue weighted by Crippen LogP contribution is 2.25. The lowest BCUT2D eigenvalue weighted by Crippen LogP contribution is -2.24. The third kappa shape index (κ3) is 2.65. The van der Waals surface area contributed by atoms with Gasteiger partial charge in [0, 0.05) is 18.3 Å². The molecular weight excluding hydrogens is 150 g/mol. The molecule has 9 heavy (non-hydrogen) atoms. The molecule has 1 radical (unpaired) electrons. The molecule has 0 saturated carbocycles. The molecule has 1 nitrogen and oxygen atoms in total. The van der Waals surface area contributed by atoms with Gasteiger partial charge in [0.05, 0.1) is 5.08 Å². The van der Waals surface area contributed by atoms with Crippen LogP contribution in [0.15, 0.2) is 12.7 Å². The van der Waals surface area contributed by atoms with Crippen molar-refractivity contribution in [3.63, 3.8) is 0 Å². The lowest BCUT2D eigenvalue weighted by atomic mass is 10.6. The molecular formula is C6H10NS2. The average Bonchev–Trinajstić information content (AvgIpc) is 1.91. The maximum Gasteiger partial charge on any atom is 0.0739 e. The summed E-state index contributed by atoms with van der Waals surface area (Å²) in [5.74, 6) is 2.25. The van der Waals surface area contributed by atoms with E-state index >= 15 is 0 Å². The molecule has 1 aliphatic heterocycles. The van der Waals surface area contributed by atoms with Gasteiger partial charge in [0.2, 0.25) is 0 Å². The van der Waals surface area contributed by atoms with Crippen LogP contribution in [0.3, 0.4) is 0 Å². The van der Waals surface area contributed by atoms with E-state index in [4.69, 9.17) is 0 Å². The molecule has 0 spiro atoms. The lowest BCUT2D eigenvalue weighted by Gasteiger charge is -2.23. The molecule has 0 aromatic carbocycles. The van der Waals surface area contributed by atoms with Crippen molar-refractivity contribution in [3.05, 3.63) is 17.7 Å². The Bertz CT molecular complexity index is 89.1. The number of hydrogen-bond acceptors (Lipinski definition) is 3. The Balaban J connectivity index is 2.15. The average molecular weight is 160 g/mol. The van der Waals surface area contributed by atoms with Gasteiger partial charge in [-0.05, 0) is 0 Å². The summed E-state index contributed by atoms with van der Waals surface area (Å²) in [6, 6.07) is 0. The van der Waals surface area contributed by atoms with E-state index in [0.29, 0.717) is 0 Å². The van der Waals surface area contributed by atoms with Gasteiger partial charge in [-0.15, -0.1) is 30.1 Å². The van der Waals surface area contributed by atoms with Gasteiger partial charge < -0.3 is 0 Å². The molecule has 0 aromatic rings. The fraction of sp³-hybridized carbons (Fsp3) is 0.500. The Hall–Kier alpha value is 0.400. The van der Waals surface area contributed by atoms with Gasteiger partial charge in [0.25, 0.3) is 0 Å². The molecule has 0 bridgehead atoms. The second kappa shape index (κ2) is 4.25. The Morgan fingerprint density at radius 3 is 2.78 bits per heavy atom. The number of nitrogens with zero attached hydrogens (tertiary/aromatic N) is 1. The molecule has 0 aromatic heterocycles. The monoisotopic (exact) mass is 160 g/mol. The molecule has 1 fully saturated rings. The van der Waals surface area contributed by atoms with Crippen LogP contribution < -0.4 is 0 Å². The van der Waals surface area contributed by atoms with Gasteiger partial charge in [-0.3, -0.25) is 4.90 Å². The summed E-state index contributed by atoms with van der Waals surface area (Å²) < 4.78 is 0. The van der Waals surface area contributed by atoms with E-state index < -0.39 is 0 Å². The highest BCUT2D eigenvalue weighted by Gasteiger charge is 2.07. The maximum absolute atomic E-state index is 3.68. The van der Waals surface area contributed by atoms with Crippen molar-refractivity contribution in [2.75, 3.05) is 18.3 Å². The van der Waals surface area contributed by atoms with E-state index in [1.54, 1.807) is 0 Å². The van der Waals surface area contributed by atoms with Gasteiger partial charge in [-0.2, -0.15) is 0 Å². The van der Waals surface area contributed by atoms with Crippen LogP contribution in [0.5, 0.6) is 0 Å². The second-order valence-electron chi connectivity index (χ2n) is 1.83. The Labute approximate surface area is 64.9 Å². The largest absolute Gasteiger partial charge is 0.281 e. The van der Waals surface area contributed by atoms with E-state index in [1.807, 2.05) is 29.6 Å². The van der Waals surface area contributed by atoms with Gasteiger partial charge in [-0.25, -0.2) is 0 Å². The third-order valence-electron chi connectivity index (χ3n) is 1.04. The van der Waals surface area contributed by atoms with E-state index in [9.17, 15) is 0 Å². The van der Waals surface area contributed by atoms with E-state index in [1.165, 1.54) is 0 Å². The molecule has 0 unspecified atom stereocenters. The highest BCUT2D eigenvalue weighted by molar-refractivity contribution is 8.19. The molecule has 1 rings (SSSR count). The third-order valence-corrected chi connectivity index (χ3v) is 3.15. The smallest absolute Gasteiger partial charge is 0.0739 e. The van der Waals surface area contributed by atoms with Gasteiger partial charge >= 0.3 is 0 Å². The van der Waals surface area contributed by atoms with Gasteiger partial charge in [-0.1, -0.05) is 6.08 Å². The first-order chi connectivity index (χ1) is 4.43. The van der Waals surface area contributed by atoms with Crippen LogP contribution in [-0.2, 0) is 0 Å². The predicted molar refractivity (Wildman–Crippen MR) is 46.1 cm³/mol. The van der Waals surface area contributed by atoms with Crippen LogP contribution in [0.2, 0.25) is 0 Å². The van der Waals surface area contributed by atoms with Crippen LogP contribution in [-0.4, -0.2) is 23.2 Å². The minimum atomic E-state index is 1.02. The molecule has 0 amide bonds. The fourth-order valence-electron chi connectivity index (χ4n) is 0.645. The summed E-state index contributed by atoms with van der Waals surface area (Å²) in [5, 5.41) is 2.19. The van der Waals surface area contributed by atoms with Gasteiger partial charge in [0.15, 0.2) is 0 Å². The normalized spacial score (nSPS) is 21.8. The Morgan fingerprint density at radius 1 is 1.56 bits per heavy atom. The fourth-order valence-corrected chi connectivity index (χ4v) is 2.45. The number of thioether (sulfide) groups is 2. The summed E-state index contributed by atoms with van der Waals surface area (Å²) >= 11 is 3.72. The van der Waals surface area contributed by atoms with E-state index in [2.05, 4.69) is 16.6 Å². The van der Waals surface area contributed by atoms with E-state index in [0.717, 1.165) is 18.3 Å². The van der Waals surface area contributed by atoms with E-state index in [-0.39, 0.29) is 0 Å². The summed E-state index contributed by atoms with van der Waals surface area (Å²) in [6.07, 6.45) is 1.95. The quantitative estimate of drug-likeness (QED) is 0.569. The molecule has 0 atom stereocenters. The zero-order chi connectivity index (χ0) is 6.53. The predicted octanol–water partition coefficient (Wildman–Crippen LogP) is 1.99. The zero-order valence-electron chi connectivity index (χ0n) is 5.25. The topological polar surface area (TPSA) is 3.24 Å². The summed E-state index contributed by atoms with van der Waals surface area (Å²) in [7, 11) is 0. The van der Waals surface area contributed by atoms with Crippen LogP contribution in [0.1, 0.15) is 0 Å². The standard InChI is InChI=1S/C6H10NS2/c1-2-3-7-4-8-6-9-5-7/h2,6H,1,3-5H2. The van der Waals surface area contributed by atoms with Crippen molar-refractivity contribution in [2.45, 2.75) is 0 Å². The molecule has 3 heteroatoms. The van der Waals surface area contributed by atoms with Crippen LogP contribution in [0.4, 0.5) is 0 Å². The molecule has 0 N–H and O–H groups in total. The SMILES string of the molecule is C=CCN1CS[CH]SC1. The van der Waals surface area contributed by atoms with Crippen molar-refractivity contribution in [2.24, 2.45) is 0 Å². The van der Waals surface area contributed by atoms with Crippen molar-refractivity contribution in [3.8, 4) is 0 Å². The van der Waals surface area contributed by atoms with Crippen LogP contribution >= 0.6 is 23.5 Å². The second-order valence-corrected chi connectivity index (χ2v) is 3.78. The maximum atomic E-state index is 3.68. The molecule has 51 valence electrons. The zero-order valence-corrected chi connectivity index (χ0v) is 6.88. The van der Waals surface area contributed by atoms with Crippen LogP contribution in [0.25, 0.3) is 0 Å². The molecule has 1 aliphatic rings.